The Kier molecular flexibility index (Phi) is 6.65. The van der Waals surface area contributed by atoms with E-state index in [-0.39, 0.29) is 23.9 Å². The van der Waals surface area contributed by atoms with Crippen molar-refractivity contribution in [2.45, 2.75) is 90.6 Å². The van der Waals surface area contributed by atoms with Crippen LogP contribution < -0.4 is 10.8 Å². The van der Waals surface area contributed by atoms with E-state index in [9.17, 15) is 9.59 Å². The maximum atomic E-state index is 13.6. The Labute approximate surface area is 207 Å². The lowest BCUT2D eigenvalue weighted by atomic mass is 9.79. The molecule has 0 spiro atoms. The highest BCUT2D eigenvalue weighted by Crippen LogP contribution is 2.38. The summed E-state index contributed by atoms with van der Waals surface area (Å²) in [5.41, 5.74) is 1.77. The molecule has 1 unspecified atom stereocenters. The molecule has 3 atom stereocenters. The third-order valence-corrected chi connectivity index (χ3v) is 7.68. The van der Waals surface area contributed by atoms with Gasteiger partial charge in [-0.05, 0) is 71.0 Å². The molecule has 0 radical (unpaired) electrons. The first-order valence-electron chi connectivity index (χ1n) is 12.4. The van der Waals surface area contributed by atoms with Crippen LogP contribution in [0.15, 0.2) is 18.2 Å². The van der Waals surface area contributed by atoms with Crippen molar-refractivity contribution in [3.8, 4) is 0 Å². The summed E-state index contributed by atoms with van der Waals surface area (Å²) in [6.07, 6.45) is 1.04. The fourth-order valence-electron chi connectivity index (χ4n) is 4.81. The molecule has 2 aliphatic rings. The van der Waals surface area contributed by atoms with Crippen molar-refractivity contribution in [3.63, 3.8) is 0 Å². The minimum absolute atomic E-state index is 0.0294. The van der Waals surface area contributed by atoms with E-state index in [1.54, 1.807) is 0 Å². The quantitative estimate of drug-likeness (QED) is 0.631. The maximum absolute atomic E-state index is 13.6. The molecule has 2 N–H and O–H groups in total. The van der Waals surface area contributed by atoms with Crippen molar-refractivity contribution in [1.82, 2.24) is 20.2 Å². The number of carbonyl (C=O) groups is 2. The SMILES string of the molecule is COC(=O)N[C@H](C(=O)N1C(C)CC[C@H]1c1nc2ccc(B3OC(C)(C)C(C)(C)O3)cc2[nH]1)C(C)C. The number of methoxy groups -OCH3 is 1. The van der Waals surface area contributed by atoms with Gasteiger partial charge < -0.3 is 29.2 Å². The number of alkyl carbamates (subject to hydrolysis) is 1. The molecular formula is C25H37BN4O5. The molecule has 190 valence electrons. The van der Waals surface area contributed by atoms with Crippen LogP contribution in [0.5, 0.6) is 0 Å². The van der Waals surface area contributed by atoms with E-state index in [0.29, 0.717) is 0 Å². The lowest BCUT2D eigenvalue weighted by Gasteiger charge is -2.32. The molecule has 2 fully saturated rings. The number of ether oxygens (including phenoxy) is 1. The van der Waals surface area contributed by atoms with E-state index in [1.807, 2.05) is 71.6 Å². The summed E-state index contributed by atoms with van der Waals surface area (Å²) in [7, 11) is 0.835. The van der Waals surface area contributed by atoms with Gasteiger partial charge in [0.25, 0.3) is 0 Å². The van der Waals surface area contributed by atoms with Gasteiger partial charge in [-0.1, -0.05) is 19.9 Å². The number of aromatic nitrogens is 2. The molecule has 10 heteroatoms. The van der Waals surface area contributed by atoms with Crippen molar-refractivity contribution in [1.29, 1.82) is 0 Å². The number of carbonyl (C=O) groups excluding carboxylic acids is 2. The second kappa shape index (κ2) is 9.13. The molecule has 0 bridgehead atoms. The van der Waals surface area contributed by atoms with Crippen LogP contribution in [0.4, 0.5) is 4.79 Å². The highest BCUT2D eigenvalue weighted by Gasteiger charge is 2.51. The number of H-pyrrole nitrogens is 1. The zero-order valence-corrected chi connectivity index (χ0v) is 22.0. The van der Waals surface area contributed by atoms with Gasteiger partial charge >= 0.3 is 13.2 Å². The van der Waals surface area contributed by atoms with Crippen LogP contribution >= 0.6 is 0 Å². The van der Waals surface area contributed by atoms with Crippen molar-refractivity contribution in [2.24, 2.45) is 5.92 Å². The lowest BCUT2D eigenvalue weighted by Crippen LogP contribution is -2.52. The van der Waals surface area contributed by atoms with Crippen molar-refractivity contribution in [2.75, 3.05) is 7.11 Å². The van der Waals surface area contributed by atoms with E-state index >= 15 is 0 Å². The van der Waals surface area contributed by atoms with Gasteiger partial charge in [0.1, 0.15) is 11.9 Å². The van der Waals surface area contributed by atoms with E-state index in [0.717, 1.165) is 35.2 Å². The number of fused-ring (bicyclic) bond motifs is 1. The first-order chi connectivity index (χ1) is 16.3. The fourth-order valence-corrected chi connectivity index (χ4v) is 4.81. The van der Waals surface area contributed by atoms with Crippen molar-refractivity contribution >= 4 is 35.6 Å². The summed E-state index contributed by atoms with van der Waals surface area (Å²) < 4.78 is 17.1. The Morgan fingerprint density at radius 3 is 2.46 bits per heavy atom. The summed E-state index contributed by atoms with van der Waals surface area (Å²) in [5.74, 6) is 0.524. The molecule has 0 saturated carbocycles. The zero-order chi connectivity index (χ0) is 25.7. The van der Waals surface area contributed by atoms with Gasteiger partial charge in [0, 0.05) is 6.04 Å². The minimum Gasteiger partial charge on any atom is -0.453 e. The number of nitrogens with zero attached hydrogens (tertiary/aromatic N) is 2. The van der Waals surface area contributed by atoms with E-state index < -0.39 is 30.5 Å². The number of aromatic amines is 1. The largest absolute Gasteiger partial charge is 0.494 e. The fraction of sp³-hybridized carbons (Fsp3) is 0.640. The Bertz CT molecular complexity index is 1100. The number of amides is 2. The van der Waals surface area contributed by atoms with Gasteiger partial charge in [-0.3, -0.25) is 4.79 Å². The molecule has 9 nitrogen and oxygen atoms in total. The van der Waals surface area contributed by atoms with Crippen LogP contribution in [0, 0.1) is 5.92 Å². The molecule has 0 aliphatic carbocycles. The normalized spacial score (nSPS) is 24.3. The van der Waals surface area contributed by atoms with Gasteiger partial charge in [0.05, 0.1) is 35.4 Å². The second-order valence-corrected chi connectivity index (χ2v) is 11.0. The number of likely N-dealkylation sites (tertiary alicyclic amines) is 1. The van der Waals surface area contributed by atoms with Crippen molar-refractivity contribution in [3.05, 3.63) is 24.0 Å². The number of nitrogens with one attached hydrogen (secondary N) is 2. The van der Waals surface area contributed by atoms with Gasteiger partial charge in [0.15, 0.2) is 0 Å². The highest BCUT2D eigenvalue weighted by atomic mass is 16.7. The van der Waals surface area contributed by atoms with Gasteiger partial charge in [-0.2, -0.15) is 0 Å². The number of hydrogen-bond donors (Lipinski definition) is 2. The van der Waals surface area contributed by atoms with Crippen LogP contribution in [0.3, 0.4) is 0 Å². The highest BCUT2D eigenvalue weighted by molar-refractivity contribution is 6.62. The van der Waals surface area contributed by atoms with Crippen LogP contribution in [0.1, 0.15) is 73.2 Å². The third-order valence-electron chi connectivity index (χ3n) is 7.68. The number of imidazole rings is 1. The van der Waals surface area contributed by atoms with Crippen LogP contribution in [-0.4, -0.2) is 64.4 Å². The summed E-state index contributed by atoms with van der Waals surface area (Å²) in [6, 6.07) is 5.09. The van der Waals surface area contributed by atoms with Crippen molar-refractivity contribution < 1.29 is 23.6 Å². The predicted molar refractivity (Wildman–Crippen MR) is 134 cm³/mol. The molecule has 1 aromatic heterocycles. The van der Waals surface area contributed by atoms with Crippen LogP contribution in [-0.2, 0) is 18.8 Å². The average molecular weight is 484 g/mol. The molecule has 35 heavy (non-hydrogen) atoms. The molecule has 2 amide bonds. The van der Waals surface area contributed by atoms with E-state index in [2.05, 4.69) is 10.3 Å². The number of benzene rings is 1. The maximum Gasteiger partial charge on any atom is 0.494 e. The minimum atomic E-state index is -0.676. The van der Waals surface area contributed by atoms with E-state index in [1.165, 1.54) is 7.11 Å². The zero-order valence-electron chi connectivity index (χ0n) is 22.0. The monoisotopic (exact) mass is 484 g/mol. The molecular weight excluding hydrogens is 447 g/mol. The third kappa shape index (κ3) is 4.65. The Hall–Kier alpha value is -2.59. The summed E-state index contributed by atoms with van der Waals surface area (Å²) in [5, 5.41) is 2.70. The Morgan fingerprint density at radius 1 is 1.20 bits per heavy atom. The number of hydrogen-bond acceptors (Lipinski definition) is 6. The second-order valence-electron chi connectivity index (χ2n) is 11.0. The lowest BCUT2D eigenvalue weighted by molar-refractivity contribution is -0.137. The van der Waals surface area contributed by atoms with Crippen LogP contribution in [0.25, 0.3) is 11.0 Å². The first-order valence-corrected chi connectivity index (χ1v) is 12.4. The Balaban J connectivity index is 1.60. The van der Waals surface area contributed by atoms with E-state index in [4.69, 9.17) is 19.0 Å². The van der Waals surface area contributed by atoms with Gasteiger partial charge in [-0.25, -0.2) is 9.78 Å². The van der Waals surface area contributed by atoms with Gasteiger partial charge in [0.2, 0.25) is 5.91 Å². The molecule has 4 rings (SSSR count). The molecule has 2 saturated heterocycles. The first kappa shape index (κ1) is 25.5. The standard InChI is InChI=1S/C25H37BN4O5/c1-14(2)20(29-23(32)33-8)22(31)30-15(3)9-12-19(30)21-27-17-11-10-16(13-18(17)28-21)26-34-24(4,5)25(6,7)35-26/h10-11,13-15,19-20H,9,12H2,1-8H3,(H,27,28)(H,29,32)/t15?,19-,20-/m0/s1. The van der Waals surface area contributed by atoms with Gasteiger partial charge in [-0.15, -0.1) is 0 Å². The molecule has 2 aliphatic heterocycles. The summed E-state index contributed by atoms with van der Waals surface area (Å²) in [6.45, 7) is 14.0. The Morgan fingerprint density at radius 2 is 1.86 bits per heavy atom. The molecule has 2 aromatic rings. The van der Waals surface area contributed by atoms with Crippen LogP contribution in [0.2, 0.25) is 0 Å². The topological polar surface area (TPSA) is 106 Å². The summed E-state index contributed by atoms with van der Waals surface area (Å²) in [4.78, 5) is 35.6. The molecule has 1 aromatic carbocycles. The average Bonchev–Trinajstić information content (AvgIpc) is 3.43. The number of rotatable bonds is 5. The predicted octanol–water partition coefficient (Wildman–Crippen LogP) is 3.29. The molecule has 3 heterocycles. The summed E-state index contributed by atoms with van der Waals surface area (Å²) >= 11 is 0. The smallest absolute Gasteiger partial charge is 0.453 e.